The summed E-state index contributed by atoms with van der Waals surface area (Å²) in [5.41, 5.74) is 1.15. The number of ether oxygens (including phenoxy) is 2. The zero-order valence-electron chi connectivity index (χ0n) is 16.3. The number of nitro groups is 1. The Labute approximate surface area is 162 Å². The first kappa shape index (κ1) is 22.0. The number of aromatic nitrogens is 2. The number of hydrogen-bond acceptors (Lipinski definition) is 10. The monoisotopic (exact) mass is 414 g/mol. The summed E-state index contributed by atoms with van der Waals surface area (Å²) in [6, 6.07) is 2.48. The zero-order chi connectivity index (χ0) is 20.9. The molecule has 12 heteroatoms. The quantitative estimate of drug-likeness (QED) is 0.351. The highest BCUT2D eigenvalue weighted by atomic mass is 31.2. The Morgan fingerprint density at radius 1 is 1.14 bits per heavy atom. The number of hydrogen-bond donors (Lipinski definition) is 1. The highest BCUT2D eigenvalue weighted by molar-refractivity contribution is 7.53. The van der Waals surface area contributed by atoms with Crippen LogP contribution >= 0.6 is 7.60 Å². The Kier molecular flexibility index (Phi) is 7.25. The normalized spacial score (nSPS) is 12.8. The number of nitrogens with one attached hydrogen (secondary N) is 1. The molecule has 0 saturated heterocycles. The van der Waals surface area contributed by atoms with Gasteiger partial charge < -0.3 is 23.8 Å². The van der Waals surface area contributed by atoms with E-state index in [4.69, 9.17) is 18.5 Å². The van der Waals surface area contributed by atoms with Gasteiger partial charge in [0.05, 0.1) is 30.8 Å². The van der Waals surface area contributed by atoms with Gasteiger partial charge in [-0.25, -0.2) is 9.97 Å². The number of nitrogens with zero attached hydrogens (tertiary/aromatic N) is 3. The van der Waals surface area contributed by atoms with Gasteiger partial charge in [-0.1, -0.05) is 0 Å². The maximum absolute atomic E-state index is 12.3. The van der Waals surface area contributed by atoms with Gasteiger partial charge in [0.25, 0.3) is 17.4 Å². The van der Waals surface area contributed by atoms with Crippen molar-refractivity contribution in [3.63, 3.8) is 0 Å². The molecule has 1 atom stereocenters. The Bertz CT molecular complexity index is 900. The lowest BCUT2D eigenvalue weighted by atomic mass is 10.1. The molecule has 11 nitrogen and oxygen atoms in total. The first-order valence-electron chi connectivity index (χ1n) is 8.27. The van der Waals surface area contributed by atoms with Gasteiger partial charge in [-0.05, 0) is 6.92 Å². The van der Waals surface area contributed by atoms with Crippen molar-refractivity contribution in [1.82, 2.24) is 15.3 Å². The van der Waals surface area contributed by atoms with E-state index in [1.807, 2.05) is 0 Å². The van der Waals surface area contributed by atoms with Crippen LogP contribution in [0.5, 0.6) is 11.8 Å². The van der Waals surface area contributed by atoms with Crippen LogP contribution in [0.3, 0.4) is 0 Å². The van der Waals surface area contributed by atoms with Gasteiger partial charge in [0.15, 0.2) is 0 Å². The second kappa shape index (κ2) is 9.24. The van der Waals surface area contributed by atoms with Gasteiger partial charge in [0.1, 0.15) is 5.52 Å². The molecule has 0 aliphatic heterocycles. The molecule has 1 heterocycles. The van der Waals surface area contributed by atoms with Crippen LogP contribution in [0, 0.1) is 10.1 Å². The summed E-state index contributed by atoms with van der Waals surface area (Å²) in [6.45, 7) is 2.02. The highest BCUT2D eigenvalue weighted by Gasteiger charge is 2.25. The van der Waals surface area contributed by atoms with Crippen molar-refractivity contribution in [2.75, 3.05) is 34.6 Å². The van der Waals surface area contributed by atoms with Crippen LogP contribution in [0.2, 0.25) is 0 Å². The summed E-state index contributed by atoms with van der Waals surface area (Å²) in [6.07, 6.45) is 0.135. The van der Waals surface area contributed by atoms with Crippen molar-refractivity contribution >= 4 is 24.3 Å². The van der Waals surface area contributed by atoms with Crippen LogP contribution in [-0.2, 0) is 20.2 Å². The van der Waals surface area contributed by atoms with E-state index in [1.54, 1.807) is 6.92 Å². The molecule has 0 fully saturated rings. The molecule has 2 aromatic rings. The SMILES string of the molecule is COc1nc2cc([N+](=O)[O-])cc(CNC(C)CP(=O)(OC)OC)c2nc1OC. The van der Waals surface area contributed by atoms with Crippen molar-refractivity contribution in [1.29, 1.82) is 0 Å². The summed E-state index contributed by atoms with van der Waals surface area (Å²) in [7, 11) is 2.28. The van der Waals surface area contributed by atoms with Crippen molar-refractivity contribution < 1.29 is 28.0 Å². The smallest absolute Gasteiger partial charge is 0.331 e. The zero-order valence-corrected chi connectivity index (χ0v) is 17.2. The van der Waals surface area contributed by atoms with Crippen molar-refractivity contribution in [2.24, 2.45) is 0 Å². The predicted molar refractivity (Wildman–Crippen MR) is 102 cm³/mol. The average molecular weight is 414 g/mol. The van der Waals surface area contributed by atoms with E-state index in [1.165, 1.54) is 40.6 Å². The molecule has 0 saturated carbocycles. The second-order valence-corrected chi connectivity index (χ2v) is 8.23. The number of rotatable bonds is 10. The van der Waals surface area contributed by atoms with E-state index in [2.05, 4.69) is 15.3 Å². The number of methoxy groups -OCH3 is 2. The Morgan fingerprint density at radius 2 is 1.75 bits per heavy atom. The Hall–Kier alpha value is -2.33. The third-order valence-electron chi connectivity index (χ3n) is 4.06. The molecule has 1 aromatic heterocycles. The van der Waals surface area contributed by atoms with Crippen LogP contribution < -0.4 is 14.8 Å². The summed E-state index contributed by atoms with van der Waals surface area (Å²) in [5, 5.41) is 14.4. The predicted octanol–water partition coefficient (Wildman–Crippen LogP) is 2.52. The van der Waals surface area contributed by atoms with Crippen LogP contribution in [-0.4, -0.2) is 55.5 Å². The molecule has 154 valence electrons. The van der Waals surface area contributed by atoms with Crippen LogP contribution in [0.4, 0.5) is 5.69 Å². The van der Waals surface area contributed by atoms with Crippen molar-refractivity contribution in [2.45, 2.75) is 19.5 Å². The Morgan fingerprint density at radius 3 is 2.29 bits per heavy atom. The molecular formula is C16H23N4O7P. The summed E-state index contributed by atoms with van der Waals surface area (Å²) in [4.78, 5) is 19.4. The maximum Gasteiger partial charge on any atom is 0.331 e. The van der Waals surface area contributed by atoms with Crippen LogP contribution in [0.25, 0.3) is 11.0 Å². The van der Waals surface area contributed by atoms with Gasteiger partial charge in [-0.2, -0.15) is 0 Å². The van der Waals surface area contributed by atoms with E-state index in [0.29, 0.717) is 16.6 Å². The minimum atomic E-state index is -3.19. The first-order valence-corrected chi connectivity index (χ1v) is 10.0. The topological polar surface area (TPSA) is 135 Å². The number of non-ortho nitro benzene ring substituents is 1. The first-order chi connectivity index (χ1) is 13.3. The minimum Gasteiger partial charge on any atom is -0.477 e. The fourth-order valence-electron chi connectivity index (χ4n) is 2.60. The average Bonchev–Trinajstić information content (AvgIpc) is 2.70. The van der Waals surface area contributed by atoms with Gasteiger partial charge >= 0.3 is 7.60 Å². The molecular weight excluding hydrogens is 391 g/mol. The lowest BCUT2D eigenvalue weighted by molar-refractivity contribution is -0.384. The van der Waals surface area contributed by atoms with E-state index in [-0.39, 0.29) is 36.2 Å². The van der Waals surface area contributed by atoms with Gasteiger partial charge in [-0.3, -0.25) is 14.7 Å². The van der Waals surface area contributed by atoms with Crippen molar-refractivity contribution in [3.8, 4) is 11.8 Å². The van der Waals surface area contributed by atoms with E-state index in [0.717, 1.165) is 0 Å². The molecule has 0 spiro atoms. The molecule has 0 radical (unpaired) electrons. The second-order valence-electron chi connectivity index (χ2n) is 5.91. The third-order valence-corrected chi connectivity index (χ3v) is 6.17. The summed E-state index contributed by atoms with van der Waals surface area (Å²) >= 11 is 0. The lowest BCUT2D eigenvalue weighted by Crippen LogP contribution is -2.29. The van der Waals surface area contributed by atoms with Gasteiger partial charge in [0.2, 0.25) is 0 Å². The van der Waals surface area contributed by atoms with Crippen LogP contribution in [0.15, 0.2) is 12.1 Å². The molecule has 0 amide bonds. The fourth-order valence-corrected chi connectivity index (χ4v) is 3.84. The molecule has 2 rings (SSSR count). The molecule has 0 aliphatic carbocycles. The third kappa shape index (κ3) is 4.93. The minimum absolute atomic E-state index is 0.127. The standard InChI is InChI=1S/C16H23N4O7P/c1-10(9-28(23,26-4)27-5)17-8-11-6-12(20(21)22)7-13-14(11)19-16(25-3)15(18-13)24-2/h6-7,10,17H,8-9H2,1-5H3. The lowest BCUT2D eigenvalue weighted by Gasteiger charge is -2.19. The number of benzene rings is 1. The molecule has 28 heavy (non-hydrogen) atoms. The van der Waals surface area contributed by atoms with E-state index in [9.17, 15) is 14.7 Å². The van der Waals surface area contributed by atoms with Crippen LogP contribution in [0.1, 0.15) is 12.5 Å². The van der Waals surface area contributed by atoms with E-state index < -0.39 is 12.5 Å². The summed E-state index contributed by atoms with van der Waals surface area (Å²) < 4.78 is 32.4. The maximum atomic E-state index is 12.3. The summed E-state index contributed by atoms with van der Waals surface area (Å²) in [5.74, 6) is 0.297. The Balaban J connectivity index is 2.38. The molecule has 1 aromatic carbocycles. The highest BCUT2D eigenvalue weighted by Crippen LogP contribution is 2.46. The largest absolute Gasteiger partial charge is 0.477 e. The number of nitro benzene ring substituents is 1. The fraction of sp³-hybridized carbons (Fsp3) is 0.500. The number of fused-ring (bicyclic) bond motifs is 1. The molecule has 1 N–H and O–H groups in total. The molecule has 1 unspecified atom stereocenters. The molecule has 0 bridgehead atoms. The van der Waals surface area contributed by atoms with Gasteiger partial charge in [0, 0.05) is 44.5 Å². The van der Waals surface area contributed by atoms with E-state index >= 15 is 0 Å². The molecule has 0 aliphatic rings. The van der Waals surface area contributed by atoms with Crippen molar-refractivity contribution in [3.05, 3.63) is 27.8 Å². The van der Waals surface area contributed by atoms with Gasteiger partial charge in [-0.15, -0.1) is 0 Å².